The van der Waals surface area contributed by atoms with E-state index in [0.717, 1.165) is 31.5 Å². The highest BCUT2D eigenvalue weighted by molar-refractivity contribution is 14.0. The third-order valence-corrected chi connectivity index (χ3v) is 5.11. The van der Waals surface area contributed by atoms with E-state index in [0.29, 0.717) is 6.04 Å². The number of likely N-dealkylation sites (tertiary alicyclic amines) is 1. The van der Waals surface area contributed by atoms with E-state index in [9.17, 15) is 0 Å². The number of hydrogen-bond acceptors (Lipinski definition) is 2. The van der Waals surface area contributed by atoms with E-state index in [1.165, 1.54) is 58.0 Å². The van der Waals surface area contributed by atoms with Crippen LogP contribution in [0.2, 0.25) is 0 Å². The summed E-state index contributed by atoms with van der Waals surface area (Å²) in [7, 11) is 0. The van der Waals surface area contributed by atoms with Crippen molar-refractivity contribution in [1.29, 1.82) is 0 Å². The summed E-state index contributed by atoms with van der Waals surface area (Å²) in [6.07, 6.45) is 15.0. The Balaban J connectivity index is 0.00000288. The average molecular weight is 448 g/mol. The first-order chi connectivity index (χ1) is 11.3. The zero-order valence-electron chi connectivity index (χ0n) is 15.6. The Morgan fingerprint density at radius 3 is 2.46 bits per heavy atom. The molecule has 2 rings (SSSR count). The Labute approximate surface area is 166 Å². The summed E-state index contributed by atoms with van der Waals surface area (Å²) >= 11 is 0. The van der Waals surface area contributed by atoms with Gasteiger partial charge in [-0.15, -0.1) is 24.0 Å². The molecule has 0 aromatic carbocycles. The first-order valence-corrected chi connectivity index (χ1v) is 9.73. The fourth-order valence-electron chi connectivity index (χ4n) is 3.79. The number of nitrogens with zero attached hydrogens (tertiary/aromatic N) is 2. The van der Waals surface area contributed by atoms with Gasteiger partial charge in [-0.3, -0.25) is 4.99 Å². The van der Waals surface area contributed by atoms with Crippen LogP contribution in [0.5, 0.6) is 0 Å². The summed E-state index contributed by atoms with van der Waals surface area (Å²) in [6, 6.07) is 1.45. The van der Waals surface area contributed by atoms with E-state index in [-0.39, 0.29) is 24.0 Å². The van der Waals surface area contributed by atoms with Gasteiger partial charge in [0, 0.05) is 38.3 Å². The van der Waals surface area contributed by atoms with Gasteiger partial charge in [0.25, 0.3) is 0 Å². The van der Waals surface area contributed by atoms with E-state index in [1.807, 2.05) is 0 Å². The molecule has 2 N–H and O–H groups in total. The largest absolute Gasteiger partial charge is 0.357 e. The lowest BCUT2D eigenvalue weighted by Gasteiger charge is -2.39. The fourth-order valence-corrected chi connectivity index (χ4v) is 3.79. The molecule has 1 aliphatic carbocycles. The number of rotatable bonds is 6. The minimum absolute atomic E-state index is 0. The number of guanidine groups is 1. The van der Waals surface area contributed by atoms with Crippen LogP contribution in [0.3, 0.4) is 0 Å². The molecule has 0 unspecified atom stereocenters. The lowest BCUT2D eigenvalue weighted by molar-refractivity contribution is 0.119. The van der Waals surface area contributed by atoms with Crippen molar-refractivity contribution in [3.05, 3.63) is 12.2 Å². The molecule has 1 aliphatic heterocycles. The van der Waals surface area contributed by atoms with Gasteiger partial charge in [0.2, 0.25) is 0 Å². The van der Waals surface area contributed by atoms with Crippen molar-refractivity contribution in [2.75, 3.05) is 26.2 Å². The number of allylic oxidation sites excluding steroid dienone is 1. The Hall–Kier alpha value is -0.300. The molecular formula is C19H37IN4. The van der Waals surface area contributed by atoms with Crippen molar-refractivity contribution < 1.29 is 0 Å². The van der Waals surface area contributed by atoms with Crippen LogP contribution in [0, 0.1) is 0 Å². The second-order valence-electron chi connectivity index (χ2n) is 6.86. The SMILES string of the molecule is C/C=C/CCN=C(NCC)NC1CCN(C2CCCCC2)CC1.I. The van der Waals surface area contributed by atoms with E-state index in [1.54, 1.807) is 0 Å². The summed E-state index contributed by atoms with van der Waals surface area (Å²) in [5.41, 5.74) is 0. The number of aliphatic imine (C=N–C) groups is 1. The van der Waals surface area contributed by atoms with E-state index in [2.05, 4.69) is 46.5 Å². The molecule has 1 saturated heterocycles. The zero-order chi connectivity index (χ0) is 16.3. The summed E-state index contributed by atoms with van der Waals surface area (Å²) in [5, 5.41) is 7.03. The van der Waals surface area contributed by atoms with Crippen LogP contribution in [0.25, 0.3) is 0 Å². The first kappa shape index (κ1) is 21.7. The Bertz CT molecular complexity index is 370. The van der Waals surface area contributed by atoms with Crippen LogP contribution >= 0.6 is 24.0 Å². The van der Waals surface area contributed by atoms with Gasteiger partial charge in [-0.2, -0.15) is 0 Å². The van der Waals surface area contributed by atoms with Gasteiger partial charge in [-0.25, -0.2) is 0 Å². The third-order valence-electron chi connectivity index (χ3n) is 5.11. The van der Waals surface area contributed by atoms with Gasteiger partial charge in [0.05, 0.1) is 0 Å². The van der Waals surface area contributed by atoms with Crippen molar-refractivity contribution in [1.82, 2.24) is 15.5 Å². The molecule has 5 heteroatoms. The van der Waals surface area contributed by atoms with Crippen LogP contribution in [0.4, 0.5) is 0 Å². The molecule has 2 fully saturated rings. The number of halogens is 1. The molecule has 1 saturated carbocycles. The van der Waals surface area contributed by atoms with Gasteiger partial charge >= 0.3 is 0 Å². The van der Waals surface area contributed by atoms with Gasteiger partial charge in [0.15, 0.2) is 5.96 Å². The fraction of sp³-hybridized carbons (Fsp3) is 0.842. The molecule has 2 aliphatic rings. The summed E-state index contributed by atoms with van der Waals surface area (Å²) in [6.45, 7) is 8.49. The van der Waals surface area contributed by atoms with Crippen LogP contribution in [-0.4, -0.2) is 49.1 Å². The molecular weight excluding hydrogens is 411 g/mol. The van der Waals surface area contributed by atoms with E-state index in [4.69, 9.17) is 0 Å². The zero-order valence-corrected chi connectivity index (χ0v) is 17.9. The lowest BCUT2D eigenvalue weighted by atomic mass is 9.92. The molecule has 0 bridgehead atoms. The average Bonchev–Trinajstić information content (AvgIpc) is 2.60. The second-order valence-corrected chi connectivity index (χ2v) is 6.86. The predicted molar refractivity (Wildman–Crippen MR) is 115 cm³/mol. The van der Waals surface area contributed by atoms with Crippen LogP contribution < -0.4 is 10.6 Å². The van der Waals surface area contributed by atoms with Crippen molar-refractivity contribution in [3.63, 3.8) is 0 Å². The number of nitrogens with one attached hydrogen (secondary N) is 2. The Morgan fingerprint density at radius 1 is 1.12 bits per heavy atom. The molecule has 140 valence electrons. The van der Waals surface area contributed by atoms with E-state index < -0.39 is 0 Å². The quantitative estimate of drug-likeness (QED) is 0.213. The molecule has 0 radical (unpaired) electrons. The van der Waals surface area contributed by atoms with Crippen LogP contribution in [0.1, 0.15) is 65.2 Å². The van der Waals surface area contributed by atoms with Crippen molar-refractivity contribution in [2.24, 2.45) is 4.99 Å². The van der Waals surface area contributed by atoms with Crippen LogP contribution in [0.15, 0.2) is 17.1 Å². The highest BCUT2D eigenvalue weighted by Gasteiger charge is 2.26. The second kappa shape index (κ2) is 13.0. The molecule has 0 atom stereocenters. The third kappa shape index (κ3) is 7.72. The minimum atomic E-state index is 0. The molecule has 1 heterocycles. The number of piperidine rings is 1. The molecule has 24 heavy (non-hydrogen) atoms. The van der Waals surface area contributed by atoms with Crippen LogP contribution in [-0.2, 0) is 0 Å². The molecule has 0 amide bonds. The molecule has 0 aromatic heterocycles. The van der Waals surface area contributed by atoms with Gasteiger partial charge < -0.3 is 15.5 Å². The maximum Gasteiger partial charge on any atom is 0.191 e. The van der Waals surface area contributed by atoms with Gasteiger partial charge in [-0.1, -0.05) is 31.4 Å². The topological polar surface area (TPSA) is 39.7 Å². The Kier molecular flexibility index (Phi) is 11.8. The smallest absolute Gasteiger partial charge is 0.191 e. The van der Waals surface area contributed by atoms with Crippen molar-refractivity contribution >= 4 is 29.9 Å². The van der Waals surface area contributed by atoms with Gasteiger partial charge in [-0.05, 0) is 46.0 Å². The van der Waals surface area contributed by atoms with Crippen molar-refractivity contribution in [3.8, 4) is 0 Å². The monoisotopic (exact) mass is 448 g/mol. The first-order valence-electron chi connectivity index (χ1n) is 9.73. The normalized spacial score (nSPS) is 21.7. The maximum atomic E-state index is 4.68. The molecule has 4 nitrogen and oxygen atoms in total. The standard InChI is InChI=1S/C19H36N4.HI/c1-3-5-9-14-21-19(20-4-2)22-17-12-15-23(16-13-17)18-10-7-6-8-11-18;/h3,5,17-18H,4,6-16H2,1-2H3,(H2,20,21,22);1H/b5-3+;. The van der Waals surface area contributed by atoms with E-state index >= 15 is 0 Å². The summed E-state index contributed by atoms with van der Waals surface area (Å²) in [5.74, 6) is 0.994. The highest BCUT2D eigenvalue weighted by Crippen LogP contribution is 2.25. The van der Waals surface area contributed by atoms with Gasteiger partial charge in [0.1, 0.15) is 0 Å². The molecule has 0 spiro atoms. The summed E-state index contributed by atoms with van der Waals surface area (Å²) < 4.78 is 0. The predicted octanol–water partition coefficient (Wildman–Crippen LogP) is 3.92. The minimum Gasteiger partial charge on any atom is -0.357 e. The van der Waals surface area contributed by atoms with Crippen molar-refractivity contribution in [2.45, 2.75) is 77.3 Å². The summed E-state index contributed by atoms with van der Waals surface area (Å²) in [4.78, 5) is 7.43. The lowest BCUT2D eigenvalue weighted by Crippen LogP contribution is -2.51. The maximum absolute atomic E-state index is 4.68. The number of hydrogen-bond donors (Lipinski definition) is 2. The highest BCUT2D eigenvalue weighted by atomic mass is 127. The molecule has 0 aromatic rings. The Morgan fingerprint density at radius 2 is 1.83 bits per heavy atom.